The predicted molar refractivity (Wildman–Crippen MR) is 74.9 cm³/mol. The molecular formula is C14H11F3N4. The third-order valence-electron chi connectivity index (χ3n) is 3.14. The summed E-state index contributed by atoms with van der Waals surface area (Å²) in [6.45, 7) is 0. The van der Waals surface area contributed by atoms with Crippen LogP contribution in [0.25, 0.3) is 16.7 Å². The van der Waals surface area contributed by atoms with Gasteiger partial charge in [-0.3, -0.25) is 4.57 Å². The van der Waals surface area contributed by atoms with Gasteiger partial charge in [0.15, 0.2) is 0 Å². The summed E-state index contributed by atoms with van der Waals surface area (Å²) in [6, 6.07) is 9.87. The molecule has 2 aromatic carbocycles. The Morgan fingerprint density at radius 2 is 1.76 bits per heavy atom. The Labute approximate surface area is 117 Å². The second kappa shape index (κ2) is 4.41. The summed E-state index contributed by atoms with van der Waals surface area (Å²) < 4.78 is 39.9. The molecule has 3 rings (SSSR count). The molecule has 0 aliphatic heterocycles. The molecule has 1 aromatic heterocycles. The highest BCUT2D eigenvalue weighted by Crippen LogP contribution is 2.32. The normalized spacial score (nSPS) is 12.0. The zero-order valence-electron chi connectivity index (χ0n) is 10.7. The Morgan fingerprint density at radius 3 is 2.48 bits per heavy atom. The van der Waals surface area contributed by atoms with Gasteiger partial charge in [0.1, 0.15) is 0 Å². The zero-order chi connectivity index (χ0) is 15.2. The lowest BCUT2D eigenvalue weighted by Crippen LogP contribution is -2.07. The van der Waals surface area contributed by atoms with E-state index in [4.69, 9.17) is 11.5 Å². The first kappa shape index (κ1) is 13.3. The predicted octanol–water partition coefficient (Wildman–Crippen LogP) is 3.21. The average molecular weight is 292 g/mol. The third kappa shape index (κ3) is 2.26. The van der Waals surface area contributed by atoms with Gasteiger partial charge in [0.25, 0.3) is 0 Å². The van der Waals surface area contributed by atoms with Gasteiger partial charge in [0, 0.05) is 11.4 Å². The second-order valence-electron chi connectivity index (χ2n) is 4.60. The van der Waals surface area contributed by atoms with E-state index in [0.717, 1.165) is 12.1 Å². The quantitative estimate of drug-likeness (QED) is 0.677. The van der Waals surface area contributed by atoms with E-state index in [1.807, 2.05) is 0 Å². The molecule has 21 heavy (non-hydrogen) atoms. The maximum atomic E-state index is 12.8. The lowest BCUT2D eigenvalue weighted by Gasteiger charge is -2.11. The van der Waals surface area contributed by atoms with Gasteiger partial charge >= 0.3 is 6.18 Å². The topological polar surface area (TPSA) is 69.9 Å². The van der Waals surface area contributed by atoms with E-state index < -0.39 is 11.7 Å². The monoisotopic (exact) mass is 292 g/mol. The lowest BCUT2D eigenvalue weighted by molar-refractivity contribution is -0.137. The molecule has 0 aliphatic carbocycles. The van der Waals surface area contributed by atoms with Crippen molar-refractivity contribution in [3.63, 3.8) is 0 Å². The van der Waals surface area contributed by atoms with Crippen LogP contribution in [0.15, 0.2) is 42.5 Å². The average Bonchev–Trinajstić information content (AvgIpc) is 2.73. The number of halogens is 3. The molecule has 1 heterocycles. The van der Waals surface area contributed by atoms with Crippen molar-refractivity contribution in [2.24, 2.45) is 0 Å². The number of rotatable bonds is 1. The molecule has 0 bridgehead atoms. The Hall–Kier alpha value is -2.70. The van der Waals surface area contributed by atoms with Crippen molar-refractivity contribution in [3.8, 4) is 5.69 Å². The number of aromatic nitrogens is 2. The van der Waals surface area contributed by atoms with Gasteiger partial charge in [0.05, 0.1) is 16.6 Å². The van der Waals surface area contributed by atoms with Crippen molar-refractivity contribution in [2.45, 2.75) is 6.18 Å². The molecule has 0 fully saturated rings. The molecular weight excluding hydrogens is 281 g/mol. The van der Waals surface area contributed by atoms with Crippen LogP contribution < -0.4 is 11.5 Å². The fourth-order valence-electron chi connectivity index (χ4n) is 2.21. The number of alkyl halides is 3. The van der Waals surface area contributed by atoms with E-state index in [9.17, 15) is 13.2 Å². The Balaban J connectivity index is 2.23. The summed E-state index contributed by atoms with van der Waals surface area (Å²) in [5.41, 5.74) is 12.7. The van der Waals surface area contributed by atoms with E-state index in [0.29, 0.717) is 22.4 Å². The largest absolute Gasteiger partial charge is 0.416 e. The highest BCUT2D eigenvalue weighted by Gasteiger charge is 2.30. The van der Waals surface area contributed by atoms with Crippen molar-refractivity contribution in [1.82, 2.24) is 9.55 Å². The van der Waals surface area contributed by atoms with E-state index in [1.165, 1.54) is 10.6 Å². The minimum absolute atomic E-state index is 0.106. The summed E-state index contributed by atoms with van der Waals surface area (Å²) in [6.07, 6.45) is -4.41. The third-order valence-corrected chi connectivity index (χ3v) is 3.14. The zero-order valence-corrected chi connectivity index (χ0v) is 10.7. The summed E-state index contributed by atoms with van der Waals surface area (Å²) in [5, 5.41) is 0. The van der Waals surface area contributed by atoms with Gasteiger partial charge in [-0.05, 0) is 36.4 Å². The van der Waals surface area contributed by atoms with Crippen LogP contribution >= 0.6 is 0 Å². The number of imidazole rings is 1. The second-order valence-corrected chi connectivity index (χ2v) is 4.60. The van der Waals surface area contributed by atoms with Gasteiger partial charge < -0.3 is 11.5 Å². The minimum atomic E-state index is -4.41. The van der Waals surface area contributed by atoms with Gasteiger partial charge in [-0.2, -0.15) is 13.2 Å². The van der Waals surface area contributed by atoms with Crippen molar-refractivity contribution in [2.75, 3.05) is 11.5 Å². The molecule has 0 unspecified atom stereocenters. The molecule has 7 heteroatoms. The van der Waals surface area contributed by atoms with Gasteiger partial charge in [-0.1, -0.05) is 6.07 Å². The maximum Gasteiger partial charge on any atom is 0.416 e. The molecule has 4 N–H and O–H groups in total. The highest BCUT2D eigenvalue weighted by molar-refractivity contribution is 5.83. The van der Waals surface area contributed by atoms with Crippen LogP contribution in [-0.2, 0) is 6.18 Å². The van der Waals surface area contributed by atoms with Crippen molar-refractivity contribution in [3.05, 3.63) is 48.0 Å². The molecule has 4 nitrogen and oxygen atoms in total. The molecule has 108 valence electrons. The van der Waals surface area contributed by atoms with E-state index >= 15 is 0 Å². The minimum Gasteiger partial charge on any atom is -0.399 e. The fourth-order valence-corrected chi connectivity index (χ4v) is 2.21. The van der Waals surface area contributed by atoms with Crippen molar-refractivity contribution < 1.29 is 13.2 Å². The first-order valence-corrected chi connectivity index (χ1v) is 6.07. The van der Waals surface area contributed by atoms with Gasteiger partial charge in [0.2, 0.25) is 5.95 Å². The Morgan fingerprint density at radius 1 is 1.00 bits per heavy atom. The molecule has 0 amide bonds. The maximum absolute atomic E-state index is 12.8. The number of benzene rings is 2. The molecule has 0 atom stereocenters. The van der Waals surface area contributed by atoms with E-state index in [1.54, 1.807) is 24.3 Å². The fraction of sp³-hybridized carbons (Fsp3) is 0.0714. The number of nitrogens with two attached hydrogens (primary N) is 2. The van der Waals surface area contributed by atoms with E-state index in [-0.39, 0.29) is 5.95 Å². The standard InChI is InChI=1S/C14H11F3N4/c15-14(16,17)8-2-1-3-10(6-8)21-12-5-4-9(18)7-11(12)20-13(21)19/h1-7H,18H2,(H2,19,20). The van der Waals surface area contributed by atoms with Crippen molar-refractivity contribution in [1.29, 1.82) is 0 Å². The summed E-state index contributed by atoms with van der Waals surface area (Å²) in [4.78, 5) is 4.12. The smallest absolute Gasteiger partial charge is 0.399 e. The van der Waals surface area contributed by atoms with Crippen LogP contribution in [0.5, 0.6) is 0 Å². The van der Waals surface area contributed by atoms with Crippen LogP contribution in [0.3, 0.4) is 0 Å². The highest BCUT2D eigenvalue weighted by atomic mass is 19.4. The Kier molecular flexibility index (Phi) is 2.79. The summed E-state index contributed by atoms with van der Waals surface area (Å²) in [5.74, 6) is 0.106. The number of anilines is 2. The van der Waals surface area contributed by atoms with Gasteiger partial charge in [-0.25, -0.2) is 4.98 Å². The number of hydrogen-bond donors (Lipinski definition) is 2. The van der Waals surface area contributed by atoms with Crippen molar-refractivity contribution >= 4 is 22.7 Å². The van der Waals surface area contributed by atoms with Crippen LogP contribution in [0, 0.1) is 0 Å². The van der Waals surface area contributed by atoms with Crippen LogP contribution in [0.2, 0.25) is 0 Å². The van der Waals surface area contributed by atoms with Gasteiger partial charge in [-0.15, -0.1) is 0 Å². The SMILES string of the molecule is Nc1ccc2c(c1)nc(N)n2-c1cccc(C(F)(F)F)c1. The Bertz CT molecular complexity index is 821. The first-order chi connectivity index (χ1) is 9.86. The summed E-state index contributed by atoms with van der Waals surface area (Å²) >= 11 is 0. The molecule has 0 aliphatic rings. The number of fused-ring (bicyclic) bond motifs is 1. The molecule has 0 radical (unpaired) electrons. The van der Waals surface area contributed by atoms with E-state index in [2.05, 4.69) is 4.98 Å². The molecule has 0 saturated heterocycles. The van der Waals surface area contributed by atoms with Crippen LogP contribution in [-0.4, -0.2) is 9.55 Å². The number of hydrogen-bond acceptors (Lipinski definition) is 3. The van der Waals surface area contributed by atoms with Crippen LogP contribution in [0.1, 0.15) is 5.56 Å². The first-order valence-electron chi connectivity index (χ1n) is 6.07. The van der Waals surface area contributed by atoms with Crippen LogP contribution in [0.4, 0.5) is 24.8 Å². The number of nitrogens with zero attached hydrogens (tertiary/aromatic N) is 2. The molecule has 0 spiro atoms. The summed E-state index contributed by atoms with van der Waals surface area (Å²) in [7, 11) is 0. The number of nitrogen functional groups attached to an aromatic ring is 2. The lowest BCUT2D eigenvalue weighted by atomic mass is 10.2. The molecule has 0 saturated carbocycles. The molecule has 3 aromatic rings.